The van der Waals surface area contributed by atoms with Gasteiger partial charge in [-0.05, 0) is 23.9 Å². The number of aliphatic hydroxyl groups excluding tert-OH is 1. The lowest BCUT2D eigenvalue weighted by molar-refractivity contribution is -0.0329. The molecular formula is C16H9F7O2S. The van der Waals surface area contributed by atoms with Gasteiger partial charge >= 0.3 is 5.51 Å². The maximum atomic E-state index is 14.2. The fourth-order valence-corrected chi connectivity index (χ4v) is 3.41. The van der Waals surface area contributed by atoms with Gasteiger partial charge in [0.1, 0.15) is 29.2 Å². The molecule has 2 aromatic rings. The normalized spacial score (nSPS) is 22.4. The summed E-state index contributed by atoms with van der Waals surface area (Å²) in [4.78, 5) is -0.583. The van der Waals surface area contributed by atoms with Crippen LogP contribution in [0.1, 0.15) is 23.4 Å². The Kier molecular flexibility index (Phi) is 4.82. The Hall–Kier alpha value is -1.94. The van der Waals surface area contributed by atoms with Crippen molar-refractivity contribution in [2.45, 2.75) is 28.9 Å². The van der Waals surface area contributed by atoms with Gasteiger partial charge in [-0.1, -0.05) is 0 Å². The summed E-state index contributed by atoms with van der Waals surface area (Å²) >= 11 is -0.635. The summed E-state index contributed by atoms with van der Waals surface area (Å²) in [5.41, 5.74) is -5.97. The average Bonchev–Trinajstić information content (AvgIpc) is 2.73. The molecule has 0 saturated heterocycles. The van der Waals surface area contributed by atoms with Crippen LogP contribution in [0.25, 0.3) is 0 Å². The van der Waals surface area contributed by atoms with E-state index in [2.05, 4.69) is 0 Å². The van der Waals surface area contributed by atoms with Crippen molar-refractivity contribution in [2.75, 3.05) is 0 Å². The lowest BCUT2D eigenvalue weighted by Crippen LogP contribution is -2.10. The number of halogens is 7. The lowest BCUT2D eigenvalue weighted by atomic mass is 10.1. The quantitative estimate of drug-likeness (QED) is 0.526. The Morgan fingerprint density at radius 3 is 2.15 bits per heavy atom. The number of hydrogen-bond donors (Lipinski definition) is 1. The first-order chi connectivity index (χ1) is 12.1. The van der Waals surface area contributed by atoms with E-state index in [0.29, 0.717) is 6.07 Å². The Morgan fingerprint density at radius 2 is 1.58 bits per heavy atom. The van der Waals surface area contributed by atoms with Gasteiger partial charge in [0.2, 0.25) is 0 Å². The minimum atomic E-state index is -4.75. The third-order valence-electron chi connectivity index (χ3n) is 3.65. The molecule has 1 aliphatic carbocycles. The number of ether oxygens (including phenoxy) is 1. The molecule has 0 fully saturated rings. The largest absolute Gasteiger partial charge is 0.457 e. The second kappa shape index (κ2) is 6.66. The highest BCUT2D eigenvalue weighted by Crippen LogP contribution is 2.53. The Bertz CT molecular complexity index is 820. The van der Waals surface area contributed by atoms with Crippen molar-refractivity contribution in [1.29, 1.82) is 0 Å². The molecule has 0 aliphatic heterocycles. The molecule has 0 spiro atoms. The fraction of sp³-hybridized carbons (Fsp3) is 0.250. The van der Waals surface area contributed by atoms with Crippen LogP contribution < -0.4 is 4.74 Å². The maximum Gasteiger partial charge on any atom is 0.446 e. The number of benzene rings is 2. The summed E-state index contributed by atoms with van der Waals surface area (Å²) in [5, 5.41) is 9.81. The molecule has 0 aromatic heterocycles. The van der Waals surface area contributed by atoms with Crippen molar-refractivity contribution in [1.82, 2.24) is 0 Å². The molecule has 0 heterocycles. The summed E-state index contributed by atoms with van der Waals surface area (Å²) in [6, 6.07) is 3.88. The van der Waals surface area contributed by atoms with Crippen molar-refractivity contribution in [3.8, 4) is 11.5 Å². The first-order valence-electron chi connectivity index (χ1n) is 7.09. The molecule has 0 bridgehead atoms. The zero-order chi connectivity index (χ0) is 19.2. The van der Waals surface area contributed by atoms with Crippen molar-refractivity contribution in [2.24, 2.45) is 0 Å². The molecule has 3 rings (SSSR count). The van der Waals surface area contributed by atoms with E-state index >= 15 is 0 Å². The predicted octanol–water partition coefficient (Wildman–Crippen LogP) is 5.76. The maximum absolute atomic E-state index is 14.2. The van der Waals surface area contributed by atoms with E-state index in [0.717, 1.165) is 24.3 Å². The molecule has 2 aromatic carbocycles. The van der Waals surface area contributed by atoms with Gasteiger partial charge in [0, 0.05) is 34.2 Å². The molecule has 2 nitrogen and oxygen atoms in total. The van der Waals surface area contributed by atoms with Crippen molar-refractivity contribution >= 4 is 11.8 Å². The molecule has 1 N–H and O–H groups in total. The third-order valence-corrected chi connectivity index (χ3v) is 4.46. The van der Waals surface area contributed by atoms with Gasteiger partial charge in [-0.3, -0.25) is 0 Å². The fourth-order valence-electron chi connectivity index (χ4n) is 2.68. The molecule has 140 valence electrons. The van der Waals surface area contributed by atoms with Crippen LogP contribution in [0.15, 0.2) is 35.2 Å². The van der Waals surface area contributed by atoms with Crippen LogP contribution in [0.4, 0.5) is 30.7 Å². The Balaban J connectivity index is 2.08. The molecular weight excluding hydrogens is 389 g/mol. The molecule has 10 heteroatoms. The summed E-state index contributed by atoms with van der Waals surface area (Å²) < 4.78 is 97.7. The molecule has 1 aliphatic rings. The molecule has 3 atom stereocenters. The van der Waals surface area contributed by atoms with Crippen molar-refractivity contribution in [3.05, 3.63) is 53.1 Å². The highest BCUT2D eigenvalue weighted by molar-refractivity contribution is 8.00. The Labute approximate surface area is 146 Å². The summed E-state index contributed by atoms with van der Waals surface area (Å²) in [6.45, 7) is 0. The molecule has 0 amide bonds. The van der Waals surface area contributed by atoms with Gasteiger partial charge in [-0.2, -0.15) is 13.2 Å². The van der Waals surface area contributed by atoms with Crippen LogP contribution in [-0.4, -0.2) is 16.8 Å². The highest BCUT2D eigenvalue weighted by Gasteiger charge is 2.46. The standard InChI is InChI=1S/C16H9F7O2S/c17-6-3-7(18)5-8(4-6)25-9-1-2-10(26-16(21,22)23)12-11(9)13(19)14(20)15(12)24/h1-5,13-15,24H. The second-order valence-corrected chi connectivity index (χ2v) is 6.54. The minimum Gasteiger partial charge on any atom is -0.457 e. The van der Waals surface area contributed by atoms with E-state index < -0.39 is 74.9 Å². The van der Waals surface area contributed by atoms with E-state index in [1.807, 2.05) is 0 Å². The number of rotatable bonds is 3. The van der Waals surface area contributed by atoms with E-state index in [1.54, 1.807) is 0 Å². The van der Waals surface area contributed by atoms with Gasteiger partial charge in [-0.15, -0.1) is 0 Å². The Morgan fingerprint density at radius 1 is 0.962 bits per heavy atom. The van der Waals surface area contributed by atoms with Crippen LogP contribution in [0.5, 0.6) is 11.5 Å². The van der Waals surface area contributed by atoms with Gasteiger partial charge in [-0.25, -0.2) is 17.6 Å². The number of hydrogen-bond acceptors (Lipinski definition) is 3. The van der Waals surface area contributed by atoms with Crippen LogP contribution in [-0.2, 0) is 0 Å². The third kappa shape index (κ3) is 3.61. The number of thioether (sulfide) groups is 1. The highest BCUT2D eigenvalue weighted by atomic mass is 32.2. The molecule has 3 unspecified atom stereocenters. The zero-order valence-electron chi connectivity index (χ0n) is 12.5. The average molecular weight is 398 g/mol. The van der Waals surface area contributed by atoms with E-state index in [-0.39, 0.29) is 0 Å². The number of aliphatic hydroxyl groups is 1. The van der Waals surface area contributed by atoms with E-state index in [1.165, 1.54) is 0 Å². The number of fused-ring (bicyclic) bond motifs is 1. The molecule has 0 saturated carbocycles. The first kappa shape index (κ1) is 18.8. The second-order valence-electron chi connectivity index (χ2n) is 5.44. The van der Waals surface area contributed by atoms with Gasteiger partial charge in [0.15, 0.2) is 12.3 Å². The van der Waals surface area contributed by atoms with Crippen LogP contribution in [0, 0.1) is 11.6 Å². The molecule has 0 radical (unpaired) electrons. The SMILES string of the molecule is OC1c2c(SC(F)(F)F)ccc(Oc3cc(F)cc(F)c3)c2C(F)C1F. The first-order valence-corrected chi connectivity index (χ1v) is 7.91. The number of alkyl halides is 5. The summed E-state index contributed by atoms with van der Waals surface area (Å²) in [7, 11) is 0. The predicted molar refractivity (Wildman–Crippen MR) is 78.5 cm³/mol. The summed E-state index contributed by atoms with van der Waals surface area (Å²) in [6.07, 6.45) is -7.08. The lowest BCUT2D eigenvalue weighted by Gasteiger charge is -2.16. The van der Waals surface area contributed by atoms with Crippen LogP contribution in [0.2, 0.25) is 0 Å². The van der Waals surface area contributed by atoms with Crippen LogP contribution in [0.3, 0.4) is 0 Å². The molecule has 26 heavy (non-hydrogen) atoms. The summed E-state index contributed by atoms with van der Waals surface area (Å²) in [5.74, 6) is -2.84. The van der Waals surface area contributed by atoms with E-state index in [9.17, 15) is 35.8 Å². The monoisotopic (exact) mass is 398 g/mol. The van der Waals surface area contributed by atoms with Crippen molar-refractivity contribution in [3.63, 3.8) is 0 Å². The van der Waals surface area contributed by atoms with Crippen molar-refractivity contribution < 1.29 is 40.6 Å². The van der Waals surface area contributed by atoms with Gasteiger partial charge in [0.25, 0.3) is 0 Å². The van der Waals surface area contributed by atoms with E-state index in [4.69, 9.17) is 4.74 Å². The van der Waals surface area contributed by atoms with Crippen LogP contribution >= 0.6 is 11.8 Å². The smallest absolute Gasteiger partial charge is 0.446 e. The topological polar surface area (TPSA) is 29.5 Å². The van der Waals surface area contributed by atoms with Gasteiger partial charge in [0.05, 0.1) is 0 Å². The zero-order valence-corrected chi connectivity index (χ0v) is 13.3. The van der Waals surface area contributed by atoms with Gasteiger partial charge < -0.3 is 9.84 Å². The minimum absolute atomic E-state index is 0.398.